The van der Waals surface area contributed by atoms with Gasteiger partial charge in [-0.2, -0.15) is 0 Å². The lowest BCUT2D eigenvalue weighted by Gasteiger charge is -2.35. The Morgan fingerprint density at radius 1 is 0.952 bits per heavy atom. The topological polar surface area (TPSA) is 70.2 Å². The molecule has 21 heavy (non-hydrogen) atoms. The third-order valence-corrected chi connectivity index (χ3v) is 4.05. The predicted molar refractivity (Wildman–Crippen MR) is 79.0 cm³/mol. The lowest BCUT2D eigenvalue weighted by atomic mass is 9.94. The third kappa shape index (κ3) is 1.45. The summed E-state index contributed by atoms with van der Waals surface area (Å²) in [5.41, 5.74) is 2.44. The molecule has 5 heteroatoms. The second-order valence-electron chi connectivity index (χ2n) is 5.33. The lowest BCUT2D eigenvalue weighted by Crippen LogP contribution is -2.59. The molecule has 4 rings (SSSR count). The number of rotatable bonds is 0. The highest BCUT2D eigenvalue weighted by atomic mass is 16.2. The molecule has 0 radical (unpaired) electrons. The van der Waals surface area contributed by atoms with Gasteiger partial charge in [0.1, 0.15) is 0 Å². The molecule has 0 aromatic heterocycles. The number of carbonyl (C=O) groups excluding carboxylic acids is 2. The summed E-state index contributed by atoms with van der Waals surface area (Å²) in [4.78, 5) is 24.9. The van der Waals surface area contributed by atoms with Gasteiger partial charge >= 0.3 is 0 Å². The van der Waals surface area contributed by atoms with E-state index in [2.05, 4.69) is 16.0 Å². The zero-order valence-corrected chi connectivity index (χ0v) is 11.4. The SMILES string of the molecule is Cc1cccc2c1NC(=O)C21NC(=O)c2ccccc2N1. The van der Waals surface area contributed by atoms with Crippen LogP contribution in [0.2, 0.25) is 0 Å². The Labute approximate surface area is 121 Å². The normalized spacial score (nSPS) is 22.1. The summed E-state index contributed by atoms with van der Waals surface area (Å²) in [6.07, 6.45) is 0. The zero-order chi connectivity index (χ0) is 14.6. The van der Waals surface area contributed by atoms with Gasteiger partial charge in [0.05, 0.1) is 11.3 Å². The van der Waals surface area contributed by atoms with Crippen molar-refractivity contribution in [2.24, 2.45) is 0 Å². The Bertz CT molecular complexity index is 800. The van der Waals surface area contributed by atoms with Crippen molar-refractivity contribution in [3.8, 4) is 0 Å². The highest BCUT2D eigenvalue weighted by Gasteiger charge is 2.51. The van der Waals surface area contributed by atoms with E-state index in [0.717, 1.165) is 16.8 Å². The van der Waals surface area contributed by atoms with Gasteiger partial charge in [0.2, 0.25) is 5.66 Å². The van der Waals surface area contributed by atoms with Gasteiger partial charge in [-0.25, -0.2) is 0 Å². The van der Waals surface area contributed by atoms with E-state index in [1.54, 1.807) is 18.2 Å². The van der Waals surface area contributed by atoms with Crippen LogP contribution in [0, 0.1) is 6.92 Å². The fraction of sp³-hybridized carbons (Fsp3) is 0.125. The highest BCUT2D eigenvalue weighted by molar-refractivity contribution is 6.14. The number of hydrogen-bond acceptors (Lipinski definition) is 3. The number of nitrogens with one attached hydrogen (secondary N) is 3. The molecule has 0 saturated carbocycles. The maximum atomic E-state index is 12.5. The van der Waals surface area contributed by atoms with Crippen LogP contribution in [-0.4, -0.2) is 11.8 Å². The van der Waals surface area contributed by atoms with Crippen LogP contribution in [0.25, 0.3) is 0 Å². The standard InChI is InChI=1S/C16H13N3O2/c1-9-5-4-7-11-13(9)17-15(21)16(11)18-12-8-3-2-6-10(12)14(20)19-16/h2-8,18H,1H3,(H,17,21)(H,19,20). The van der Waals surface area contributed by atoms with Gasteiger partial charge in [-0.3, -0.25) is 9.59 Å². The van der Waals surface area contributed by atoms with E-state index in [-0.39, 0.29) is 11.8 Å². The number of benzene rings is 2. The number of anilines is 2. The Morgan fingerprint density at radius 2 is 1.76 bits per heavy atom. The summed E-state index contributed by atoms with van der Waals surface area (Å²) in [6.45, 7) is 1.93. The van der Waals surface area contributed by atoms with Gasteiger partial charge < -0.3 is 16.0 Å². The minimum atomic E-state index is -1.23. The van der Waals surface area contributed by atoms with Crippen LogP contribution in [0.5, 0.6) is 0 Å². The van der Waals surface area contributed by atoms with Crippen molar-refractivity contribution in [1.82, 2.24) is 5.32 Å². The summed E-state index contributed by atoms with van der Waals surface area (Å²) in [5, 5.41) is 8.87. The van der Waals surface area contributed by atoms with E-state index in [4.69, 9.17) is 0 Å². The molecule has 2 aromatic rings. The van der Waals surface area contributed by atoms with E-state index in [1.807, 2.05) is 31.2 Å². The molecule has 5 nitrogen and oxygen atoms in total. The highest BCUT2D eigenvalue weighted by Crippen LogP contribution is 2.41. The second-order valence-corrected chi connectivity index (χ2v) is 5.33. The average Bonchev–Trinajstić information content (AvgIpc) is 2.74. The minimum Gasteiger partial charge on any atom is -0.350 e. The van der Waals surface area contributed by atoms with Crippen molar-refractivity contribution in [3.63, 3.8) is 0 Å². The predicted octanol–water partition coefficient (Wildman–Crippen LogP) is 1.96. The molecule has 2 aliphatic rings. The second kappa shape index (κ2) is 3.85. The molecular weight excluding hydrogens is 266 g/mol. The van der Waals surface area contributed by atoms with Gasteiger partial charge in [0.15, 0.2) is 0 Å². The van der Waals surface area contributed by atoms with Crippen LogP contribution in [-0.2, 0) is 10.5 Å². The summed E-state index contributed by atoms with van der Waals surface area (Å²) in [5.74, 6) is -0.525. The molecule has 2 aromatic carbocycles. The van der Waals surface area contributed by atoms with Crippen molar-refractivity contribution in [2.75, 3.05) is 10.6 Å². The monoisotopic (exact) mass is 279 g/mol. The first-order valence-electron chi connectivity index (χ1n) is 6.73. The zero-order valence-electron chi connectivity index (χ0n) is 11.4. The van der Waals surface area contributed by atoms with Crippen molar-refractivity contribution in [3.05, 3.63) is 59.2 Å². The van der Waals surface area contributed by atoms with Crippen molar-refractivity contribution in [2.45, 2.75) is 12.6 Å². The summed E-state index contributed by atoms with van der Waals surface area (Å²) >= 11 is 0. The number of para-hydroxylation sites is 2. The van der Waals surface area contributed by atoms with Gasteiger partial charge in [-0.1, -0.05) is 30.3 Å². The lowest BCUT2D eigenvalue weighted by molar-refractivity contribution is -0.120. The van der Waals surface area contributed by atoms with E-state index in [1.165, 1.54) is 0 Å². The van der Waals surface area contributed by atoms with Gasteiger partial charge in [0, 0.05) is 11.3 Å². The summed E-state index contributed by atoms with van der Waals surface area (Å²) < 4.78 is 0. The number of carbonyl (C=O) groups is 2. The van der Waals surface area contributed by atoms with Crippen LogP contribution in [0.4, 0.5) is 11.4 Å². The molecule has 1 unspecified atom stereocenters. The quantitative estimate of drug-likeness (QED) is 0.690. The number of amides is 2. The Kier molecular flexibility index (Phi) is 2.19. The van der Waals surface area contributed by atoms with E-state index >= 15 is 0 Å². The molecule has 0 aliphatic carbocycles. The number of aryl methyl sites for hydroxylation is 1. The van der Waals surface area contributed by atoms with E-state index in [0.29, 0.717) is 11.3 Å². The molecule has 0 bridgehead atoms. The van der Waals surface area contributed by atoms with E-state index < -0.39 is 5.66 Å². The van der Waals surface area contributed by atoms with Gasteiger partial charge in [0.25, 0.3) is 11.8 Å². The van der Waals surface area contributed by atoms with Crippen LogP contribution in [0.1, 0.15) is 21.5 Å². The largest absolute Gasteiger partial charge is 0.350 e. The van der Waals surface area contributed by atoms with Crippen LogP contribution in [0.15, 0.2) is 42.5 Å². The third-order valence-electron chi connectivity index (χ3n) is 4.05. The molecule has 2 heterocycles. The Balaban J connectivity index is 1.93. The van der Waals surface area contributed by atoms with Crippen LogP contribution < -0.4 is 16.0 Å². The number of hydrogen-bond donors (Lipinski definition) is 3. The molecular formula is C16H13N3O2. The van der Waals surface area contributed by atoms with Gasteiger partial charge in [-0.15, -0.1) is 0 Å². The first kappa shape index (κ1) is 12.0. The molecule has 104 valence electrons. The fourth-order valence-electron chi connectivity index (χ4n) is 2.98. The van der Waals surface area contributed by atoms with Crippen molar-refractivity contribution >= 4 is 23.2 Å². The maximum absolute atomic E-state index is 12.5. The van der Waals surface area contributed by atoms with E-state index in [9.17, 15) is 9.59 Å². The smallest absolute Gasteiger partial charge is 0.275 e. The molecule has 1 spiro atoms. The maximum Gasteiger partial charge on any atom is 0.275 e. The first-order chi connectivity index (χ1) is 10.1. The molecule has 1 atom stereocenters. The molecule has 3 N–H and O–H groups in total. The Morgan fingerprint density at radius 3 is 2.62 bits per heavy atom. The van der Waals surface area contributed by atoms with Crippen molar-refractivity contribution in [1.29, 1.82) is 0 Å². The molecule has 2 amide bonds. The fourth-order valence-corrected chi connectivity index (χ4v) is 2.98. The number of fused-ring (bicyclic) bond motifs is 3. The average molecular weight is 279 g/mol. The van der Waals surface area contributed by atoms with Crippen molar-refractivity contribution < 1.29 is 9.59 Å². The van der Waals surface area contributed by atoms with Crippen LogP contribution in [0.3, 0.4) is 0 Å². The molecule has 2 aliphatic heterocycles. The van der Waals surface area contributed by atoms with Crippen LogP contribution >= 0.6 is 0 Å². The molecule has 0 fully saturated rings. The van der Waals surface area contributed by atoms with Gasteiger partial charge in [-0.05, 0) is 24.6 Å². The summed E-state index contributed by atoms with van der Waals surface area (Å²) in [7, 11) is 0. The minimum absolute atomic E-state index is 0.256. The first-order valence-corrected chi connectivity index (χ1v) is 6.73. The molecule has 0 saturated heterocycles. The summed E-state index contributed by atoms with van der Waals surface area (Å²) in [6, 6.07) is 12.8. The Hall–Kier alpha value is -2.82.